The number of rotatable bonds is 5. The van der Waals surface area contributed by atoms with Crippen molar-refractivity contribution >= 4 is 27.8 Å². The van der Waals surface area contributed by atoms with Gasteiger partial charge >= 0.3 is 0 Å². The largest absolute Gasteiger partial charge is 0.370 e. The van der Waals surface area contributed by atoms with Crippen LogP contribution in [0.15, 0.2) is 33.7 Å². The first-order chi connectivity index (χ1) is 10.6. The van der Waals surface area contributed by atoms with Crippen molar-refractivity contribution in [3.63, 3.8) is 0 Å². The van der Waals surface area contributed by atoms with Gasteiger partial charge in [0.15, 0.2) is 5.96 Å². The molecule has 1 fully saturated rings. The van der Waals surface area contributed by atoms with Gasteiger partial charge in [0.05, 0.1) is 6.54 Å². The van der Waals surface area contributed by atoms with E-state index in [1.165, 1.54) is 19.3 Å². The lowest BCUT2D eigenvalue weighted by atomic mass is 9.96. The van der Waals surface area contributed by atoms with Crippen LogP contribution in [0.4, 0.5) is 0 Å². The zero-order chi connectivity index (χ0) is 15.8. The maximum atomic E-state index is 11.9. The minimum Gasteiger partial charge on any atom is -0.370 e. The van der Waals surface area contributed by atoms with E-state index in [4.69, 9.17) is 5.73 Å². The van der Waals surface area contributed by atoms with Crippen molar-refractivity contribution in [3.05, 3.63) is 34.3 Å². The fourth-order valence-electron chi connectivity index (χ4n) is 2.55. The predicted octanol–water partition coefficient (Wildman–Crippen LogP) is 2.42. The molecule has 5 nitrogen and oxygen atoms in total. The average Bonchev–Trinajstić information content (AvgIpc) is 2.53. The fourth-order valence-corrected chi connectivity index (χ4v) is 2.82. The normalized spacial score (nSPS) is 16.3. The molecular weight excluding hydrogens is 344 g/mol. The molecule has 0 bridgehead atoms. The molecule has 2 rings (SSSR count). The lowest BCUT2D eigenvalue weighted by Gasteiger charge is -2.23. The zero-order valence-electron chi connectivity index (χ0n) is 12.6. The lowest BCUT2D eigenvalue weighted by molar-refractivity contribution is 0.0955. The van der Waals surface area contributed by atoms with Gasteiger partial charge in [-0.05, 0) is 37.1 Å². The van der Waals surface area contributed by atoms with E-state index in [-0.39, 0.29) is 5.91 Å². The van der Waals surface area contributed by atoms with E-state index >= 15 is 0 Å². The van der Waals surface area contributed by atoms with E-state index < -0.39 is 0 Å². The molecule has 0 heterocycles. The number of hydrogen-bond acceptors (Lipinski definition) is 2. The van der Waals surface area contributed by atoms with Gasteiger partial charge in [0, 0.05) is 22.6 Å². The van der Waals surface area contributed by atoms with E-state index in [2.05, 4.69) is 31.6 Å². The van der Waals surface area contributed by atoms with E-state index in [0.29, 0.717) is 30.7 Å². The van der Waals surface area contributed by atoms with Crippen molar-refractivity contribution in [1.82, 2.24) is 10.6 Å². The molecule has 0 spiro atoms. The summed E-state index contributed by atoms with van der Waals surface area (Å²) in [7, 11) is 0. The first-order valence-electron chi connectivity index (χ1n) is 7.75. The van der Waals surface area contributed by atoms with Crippen LogP contribution in [0.1, 0.15) is 42.5 Å². The Morgan fingerprint density at radius 3 is 2.59 bits per heavy atom. The van der Waals surface area contributed by atoms with Crippen molar-refractivity contribution in [2.75, 3.05) is 13.1 Å². The maximum absolute atomic E-state index is 11.9. The Kier molecular flexibility index (Phi) is 6.71. The first-order valence-corrected chi connectivity index (χ1v) is 8.54. The van der Waals surface area contributed by atoms with Gasteiger partial charge in [-0.2, -0.15) is 0 Å². The Hall–Kier alpha value is -1.56. The molecule has 0 unspecified atom stereocenters. The Labute approximate surface area is 139 Å². The summed E-state index contributed by atoms with van der Waals surface area (Å²) in [5.74, 6) is 0.381. The average molecular weight is 367 g/mol. The number of carbonyl (C=O) groups is 1. The summed E-state index contributed by atoms with van der Waals surface area (Å²) in [6.07, 6.45) is 6.16. The third-order valence-electron chi connectivity index (χ3n) is 3.74. The van der Waals surface area contributed by atoms with Crippen LogP contribution in [0, 0.1) is 0 Å². The summed E-state index contributed by atoms with van der Waals surface area (Å²) in [6, 6.07) is 7.71. The van der Waals surface area contributed by atoms with Gasteiger partial charge < -0.3 is 16.4 Å². The van der Waals surface area contributed by atoms with E-state index in [1.807, 2.05) is 12.1 Å². The summed E-state index contributed by atoms with van der Waals surface area (Å²) in [5, 5.41) is 6.09. The number of carbonyl (C=O) groups excluding carboxylic acids is 1. The molecule has 1 aliphatic rings. The number of hydrogen-bond donors (Lipinski definition) is 3. The highest BCUT2D eigenvalue weighted by Crippen LogP contribution is 2.16. The molecule has 1 aromatic carbocycles. The molecule has 4 N–H and O–H groups in total. The zero-order valence-corrected chi connectivity index (χ0v) is 14.2. The molecule has 1 saturated carbocycles. The summed E-state index contributed by atoms with van der Waals surface area (Å²) < 4.78 is 0.954. The van der Waals surface area contributed by atoms with Crippen LogP contribution in [0.25, 0.3) is 0 Å². The molecule has 1 amide bonds. The van der Waals surface area contributed by atoms with Gasteiger partial charge in [0.2, 0.25) is 0 Å². The summed E-state index contributed by atoms with van der Waals surface area (Å²) >= 11 is 3.34. The van der Waals surface area contributed by atoms with Crippen LogP contribution in [0.3, 0.4) is 0 Å². The molecule has 120 valence electrons. The Balaban J connectivity index is 1.68. The van der Waals surface area contributed by atoms with E-state index in [0.717, 1.165) is 17.3 Å². The summed E-state index contributed by atoms with van der Waals surface area (Å²) in [5.41, 5.74) is 6.51. The highest BCUT2D eigenvalue weighted by molar-refractivity contribution is 9.10. The summed E-state index contributed by atoms with van der Waals surface area (Å²) in [6.45, 7) is 0.954. The molecule has 22 heavy (non-hydrogen) atoms. The van der Waals surface area contributed by atoms with E-state index in [1.54, 1.807) is 12.1 Å². The van der Waals surface area contributed by atoms with Crippen LogP contribution < -0.4 is 16.4 Å². The molecule has 0 aliphatic heterocycles. The van der Waals surface area contributed by atoms with Gasteiger partial charge in [-0.1, -0.05) is 35.2 Å². The molecule has 0 saturated heterocycles. The molecule has 1 aliphatic carbocycles. The van der Waals surface area contributed by atoms with Crippen LogP contribution in [-0.4, -0.2) is 31.0 Å². The Morgan fingerprint density at radius 2 is 1.91 bits per heavy atom. The molecular formula is C16H23BrN4O. The Bertz CT molecular complexity index is 509. The number of nitrogens with zero attached hydrogens (tertiary/aromatic N) is 1. The summed E-state index contributed by atoms with van der Waals surface area (Å²) in [4.78, 5) is 16.2. The highest BCUT2D eigenvalue weighted by atomic mass is 79.9. The van der Waals surface area contributed by atoms with Crippen molar-refractivity contribution in [1.29, 1.82) is 0 Å². The highest BCUT2D eigenvalue weighted by Gasteiger charge is 2.13. The monoisotopic (exact) mass is 366 g/mol. The van der Waals surface area contributed by atoms with Gasteiger partial charge in [-0.25, -0.2) is 0 Å². The Morgan fingerprint density at radius 1 is 1.23 bits per heavy atom. The molecule has 1 aromatic rings. The van der Waals surface area contributed by atoms with Crippen LogP contribution >= 0.6 is 15.9 Å². The van der Waals surface area contributed by atoms with Crippen LogP contribution in [0.5, 0.6) is 0 Å². The standard InChI is InChI=1S/C16H23BrN4O/c17-13-8-6-12(7-9-13)15(22)19-10-11-20-16(18)21-14-4-2-1-3-5-14/h6-9,14H,1-5,10-11H2,(H,19,22)(H3,18,20,21). The second kappa shape index (κ2) is 8.78. The fraction of sp³-hybridized carbons (Fsp3) is 0.500. The molecule has 0 radical (unpaired) electrons. The van der Waals surface area contributed by atoms with Crippen molar-refractivity contribution in [2.24, 2.45) is 10.7 Å². The van der Waals surface area contributed by atoms with E-state index in [9.17, 15) is 4.79 Å². The number of aliphatic imine (C=N–C) groups is 1. The molecule has 0 aromatic heterocycles. The quantitative estimate of drug-likeness (QED) is 0.425. The van der Waals surface area contributed by atoms with Crippen molar-refractivity contribution < 1.29 is 4.79 Å². The van der Waals surface area contributed by atoms with Gasteiger partial charge in [-0.15, -0.1) is 0 Å². The van der Waals surface area contributed by atoms with Crippen LogP contribution in [0.2, 0.25) is 0 Å². The third-order valence-corrected chi connectivity index (χ3v) is 4.27. The second-order valence-corrected chi connectivity index (χ2v) is 6.42. The second-order valence-electron chi connectivity index (χ2n) is 5.51. The van der Waals surface area contributed by atoms with Gasteiger partial charge in [0.25, 0.3) is 5.91 Å². The number of halogens is 1. The van der Waals surface area contributed by atoms with Crippen molar-refractivity contribution in [2.45, 2.75) is 38.1 Å². The lowest BCUT2D eigenvalue weighted by Crippen LogP contribution is -2.41. The minimum atomic E-state index is -0.0958. The van der Waals surface area contributed by atoms with Crippen LogP contribution in [-0.2, 0) is 0 Å². The predicted molar refractivity (Wildman–Crippen MR) is 93.0 cm³/mol. The van der Waals surface area contributed by atoms with Crippen molar-refractivity contribution in [3.8, 4) is 0 Å². The molecule has 6 heteroatoms. The first kappa shape index (κ1) is 16.8. The number of amides is 1. The number of guanidine groups is 1. The van der Waals surface area contributed by atoms with Gasteiger partial charge in [-0.3, -0.25) is 9.79 Å². The molecule has 0 atom stereocenters. The number of nitrogens with one attached hydrogen (secondary N) is 2. The number of benzene rings is 1. The van der Waals surface area contributed by atoms with Gasteiger partial charge in [0.1, 0.15) is 0 Å². The third kappa shape index (κ3) is 5.67. The smallest absolute Gasteiger partial charge is 0.251 e. The number of nitrogens with two attached hydrogens (primary N) is 1. The topological polar surface area (TPSA) is 79.5 Å². The maximum Gasteiger partial charge on any atom is 0.251 e. The SMILES string of the molecule is NC(=NCCNC(=O)c1ccc(Br)cc1)NC1CCCCC1. The minimum absolute atomic E-state index is 0.0958.